The van der Waals surface area contributed by atoms with E-state index in [1.165, 1.54) is 0 Å². The SMILES string of the molecule is CC[C@H]1CN(c2nc(N)c(C(=O)NCCO)nc2Cl)CCN1C1CCN(C(=O)c2ccc(Cl)cc2CCNS(C)(=O)=O)CC1. The third kappa shape index (κ3) is 8.49. The van der Waals surface area contributed by atoms with Gasteiger partial charge in [0.05, 0.1) is 12.9 Å². The van der Waals surface area contributed by atoms with Gasteiger partial charge in [0.1, 0.15) is 0 Å². The average Bonchev–Trinajstić information content (AvgIpc) is 2.99. The van der Waals surface area contributed by atoms with Crippen LogP contribution in [-0.2, 0) is 16.4 Å². The van der Waals surface area contributed by atoms with Crippen LogP contribution in [0.25, 0.3) is 0 Å². The molecular weight excluding hydrogens is 631 g/mol. The molecule has 2 fully saturated rings. The Morgan fingerprint density at radius 3 is 2.50 bits per heavy atom. The van der Waals surface area contributed by atoms with Crippen molar-refractivity contribution in [1.82, 2.24) is 29.8 Å². The number of nitrogens with zero attached hydrogens (tertiary/aromatic N) is 5. The number of anilines is 2. The van der Waals surface area contributed by atoms with Crippen molar-refractivity contribution in [3.05, 3.63) is 45.2 Å². The number of nitrogens with one attached hydrogen (secondary N) is 2. The van der Waals surface area contributed by atoms with E-state index < -0.39 is 15.9 Å². The Balaban J connectivity index is 1.37. The zero-order valence-electron chi connectivity index (χ0n) is 24.9. The summed E-state index contributed by atoms with van der Waals surface area (Å²) in [7, 11) is -3.34. The van der Waals surface area contributed by atoms with E-state index in [0.717, 1.165) is 32.1 Å². The molecule has 0 spiro atoms. The van der Waals surface area contributed by atoms with Crippen molar-refractivity contribution in [2.75, 3.05) is 69.3 Å². The number of benzene rings is 1. The number of nitrogen functional groups attached to an aromatic ring is 1. The van der Waals surface area contributed by atoms with Crippen molar-refractivity contribution < 1.29 is 23.1 Å². The number of sulfonamides is 1. The van der Waals surface area contributed by atoms with Crippen molar-refractivity contribution in [3.63, 3.8) is 0 Å². The van der Waals surface area contributed by atoms with Crippen molar-refractivity contribution in [2.45, 2.75) is 44.7 Å². The first kappa shape index (κ1) is 34.1. The Bertz CT molecular complexity index is 1460. The largest absolute Gasteiger partial charge is 0.395 e. The fourth-order valence-corrected chi connectivity index (χ4v) is 6.78. The van der Waals surface area contributed by atoms with Gasteiger partial charge in [-0.25, -0.2) is 23.1 Å². The number of carbonyl (C=O) groups is 2. The van der Waals surface area contributed by atoms with Crippen LogP contribution >= 0.6 is 23.2 Å². The van der Waals surface area contributed by atoms with E-state index in [0.29, 0.717) is 60.6 Å². The molecule has 2 aliphatic rings. The van der Waals surface area contributed by atoms with Gasteiger partial charge in [-0.1, -0.05) is 30.1 Å². The van der Waals surface area contributed by atoms with Crippen LogP contribution in [0.5, 0.6) is 0 Å². The minimum absolute atomic E-state index is 0.0251. The number of piperazine rings is 1. The predicted molar refractivity (Wildman–Crippen MR) is 171 cm³/mol. The Labute approximate surface area is 268 Å². The third-order valence-corrected chi connectivity index (χ3v) is 9.27. The smallest absolute Gasteiger partial charge is 0.273 e. The molecule has 4 rings (SSSR count). The van der Waals surface area contributed by atoms with Crippen molar-refractivity contribution in [1.29, 1.82) is 0 Å². The summed E-state index contributed by atoms with van der Waals surface area (Å²) < 4.78 is 25.4. The minimum Gasteiger partial charge on any atom is -0.395 e. The number of hydrogen-bond donors (Lipinski definition) is 4. The van der Waals surface area contributed by atoms with Gasteiger partial charge in [0.2, 0.25) is 10.0 Å². The first-order valence-corrected chi connectivity index (χ1v) is 17.3. The van der Waals surface area contributed by atoms with Crippen molar-refractivity contribution in [3.8, 4) is 0 Å². The quantitative estimate of drug-likeness (QED) is 0.273. The monoisotopic (exact) mass is 670 g/mol. The number of aliphatic hydroxyl groups excluding tert-OH is 1. The fraction of sp³-hybridized carbons (Fsp3) is 0.571. The number of aromatic nitrogens is 2. The van der Waals surface area contributed by atoms with Crippen LogP contribution in [0.1, 0.15) is 52.6 Å². The highest BCUT2D eigenvalue weighted by atomic mass is 35.5. The highest BCUT2D eigenvalue weighted by molar-refractivity contribution is 7.88. The Morgan fingerprint density at radius 2 is 1.84 bits per heavy atom. The summed E-state index contributed by atoms with van der Waals surface area (Å²) in [5, 5.41) is 12.1. The summed E-state index contributed by atoms with van der Waals surface area (Å²) in [5.74, 6) is -0.213. The standard InChI is InChI=1S/C28H40Cl2N8O5S/c1-3-20-17-37(26-24(30)34-23(25(31)35-26)27(40)32-10-15-39)13-14-38(20)21-7-11-36(12-8-21)28(41)22-5-4-19(29)16-18(22)6-9-33-44(2,42)43/h4-5,16,20-21,33,39H,3,6-15,17H2,1-2H3,(H2,31,35)(H,32,40)/t20-/m0/s1. The first-order chi connectivity index (χ1) is 20.9. The van der Waals surface area contributed by atoms with Gasteiger partial charge in [-0.15, -0.1) is 0 Å². The van der Waals surface area contributed by atoms with E-state index in [1.807, 2.05) is 9.80 Å². The van der Waals surface area contributed by atoms with Crippen LogP contribution in [0.2, 0.25) is 10.2 Å². The molecule has 1 aromatic carbocycles. The fourth-order valence-electron chi connectivity index (χ4n) is 5.87. The summed E-state index contributed by atoms with van der Waals surface area (Å²) in [4.78, 5) is 40.8. The number of piperidine rings is 1. The lowest BCUT2D eigenvalue weighted by Gasteiger charge is -2.47. The van der Waals surface area contributed by atoms with Crippen molar-refractivity contribution >= 4 is 56.7 Å². The number of halogens is 2. The van der Waals surface area contributed by atoms with Gasteiger partial charge in [0.25, 0.3) is 11.8 Å². The molecule has 0 unspecified atom stereocenters. The van der Waals surface area contributed by atoms with Crippen LogP contribution in [0.3, 0.4) is 0 Å². The molecule has 13 nitrogen and oxygen atoms in total. The molecule has 3 heterocycles. The second kappa shape index (κ2) is 15.0. The molecule has 2 saturated heterocycles. The molecule has 0 radical (unpaired) electrons. The van der Waals surface area contributed by atoms with Gasteiger partial charge in [-0.2, -0.15) is 0 Å². The maximum absolute atomic E-state index is 13.5. The van der Waals surface area contributed by atoms with Crippen LogP contribution in [0, 0.1) is 0 Å². The molecule has 1 aromatic heterocycles. The molecule has 0 saturated carbocycles. The van der Waals surface area contributed by atoms with Crippen LogP contribution < -0.4 is 20.7 Å². The van der Waals surface area contributed by atoms with E-state index in [-0.39, 0.29) is 48.3 Å². The maximum atomic E-state index is 13.5. The molecule has 0 bridgehead atoms. The van der Waals surface area contributed by atoms with Crippen LogP contribution in [0.4, 0.5) is 11.6 Å². The topological polar surface area (TPSA) is 174 Å². The second-order valence-corrected chi connectivity index (χ2v) is 13.7. The minimum atomic E-state index is -3.34. The molecule has 242 valence electrons. The molecule has 16 heteroatoms. The summed E-state index contributed by atoms with van der Waals surface area (Å²) in [6.45, 7) is 5.47. The van der Waals surface area contributed by atoms with Gasteiger partial charge in [0, 0.05) is 68.5 Å². The van der Waals surface area contributed by atoms with E-state index in [1.54, 1.807) is 18.2 Å². The molecule has 0 aliphatic carbocycles. The van der Waals surface area contributed by atoms with Crippen LogP contribution in [-0.4, -0.2) is 116 Å². The van der Waals surface area contributed by atoms with E-state index in [9.17, 15) is 18.0 Å². The number of nitrogens with two attached hydrogens (primary N) is 1. The molecule has 1 atom stereocenters. The number of hydrogen-bond acceptors (Lipinski definition) is 10. The molecule has 2 aromatic rings. The molecule has 44 heavy (non-hydrogen) atoms. The summed E-state index contributed by atoms with van der Waals surface area (Å²) >= 11 is 12.7. The number of amides is 2. The normalized spacial score (nSPS) is 18.4. The lowest BCUT2D eigenvalue weighted by Crippen LogP contribution is -2.58. The molecule has 2 amide bonds. The molecule has 2 aliphatic heterocycles. The highest BCUT2D eigenvalue weighted by Gasteiger charge is 2.35. The number of rotatable bonds is 11. The van der Waals surface area contributed by atoms with Crippen molar-refractivity contribution in [2.24, 2.45) is 0 Å². The lowest BCUT2D eigenvalue weighted by atomic mass is 9.97. The number of likely N-dealkylation sites (tertiary alicyclic amines) is 1. The Hall–Kier alpha value is -2.75. The zero-order valence-corrected chi connectivity index (χ0v) is 27.3. The summed E-state index contributed by atoms with van der Waals surface area (Å²) in [6, 6.07) is 5.64. The van der Waals surface area contributed by atoms with E-state index >= 15 is 0 Å². The number of carbonyl (C=O) groups excluding carboxylic acids is 2. The van der Waals surface area contributed by atoms with Gasteiger partial charge in [0.15, 0.2) is 22.5 Å². The first-order valence-electron chi connectivity index (χ1n) is 14.7. The Morgan fingerprint density at radius 1 is 1.11 bits per heavy atom. The average molecular weight is 672 g/mol. The number of aliphatic hydroxyl groups is 1. The van der Waals surface area contributed by atoms with E-state index in [2.05, 4.69) is 31.8 Å². The maximum Gasteiger partial charge on any atom is 0.273 e. The van der Waals surface area contributed by atoms with Gasteiger partial charge < -0.3 is 26.0 Å². The summed E-state index contributed by atoms with van der Waals surface area (Å²) in [6.07, 6.45) is 4.00. The van der Waals surface area contributed by atoms with Crippen LogP contribution in [0.15, 0.2) is 18.2 Å². The lowest BCUT2D eigenvalue weighted by molar-refractivity contribution is 0.0490. The van der Waals surface area contributed by atoms with Gasteiger partial charge >= 0.3 is 0 Å². The highest BCUT2D eigenvalue weighted by Crippen LogP contribution is 2.30. The zero-order chi connectivity index (χ0) is 32.0. The molecule has 5 N–H and O–H groups in total. The summed E-state index contributed by atoms with van der Waals surface area (Å²) in [5.41, 5.74) is 7.24. The van der Waals surface area contributed by atoms with Gasteiger partial charge in [-0.05, 0) is 49.4 Å². The Kier molecular flexibility index (Phi) is 11.7. The van der Waals surface area contributed by atoms with E-state index in [4.69, 9.17) is 34.0 Å². The second-order valence-electron chi connectivity index (χ2n) is 11.0. The third-order valence-electron chi connectivity index (χ3n) is 8.05. The van der Waals surface area contributed by atoms with Gasteiger partial charge in [-0.3, -0.25) is 14.5 Å². The predicted octanol–water partition coefficient (Wildman–Crippen LogP) is 1.38. The molecular formula is C28H40Cl2N8O5S.